The van der Waals surface area contributed by atoms with Gasteiger partial charge in [-0.15, -0.1) is 0 Å². The van der Waals surface area contributed by atoms with Gasteiger partial charge in [-0.25, -0.2) is 0 Å². The number of ether oxygens (including phenoxy) is 1. The first-order valence-corrected chi connectivity index (χ1v) is 10.1. The number of amides is 2. The number of morpholine rings is 1. The summed E-state index contributed by atoms with van der Waals surface area (Å²) in [5.74, 6) is -1.78. The van der Waals surface area contributed by atoms with Crippen molar-refractivity contribution in [2.45, 2.75) is 13.0 Å². The van der Waals surface area contributed by atoms with Crippen LogP contribution in [0.3, 0.4) is 0 Å². The number of rotatable bonds is 6. The van der Waals surface area contributed by atoms with Gasteiger partial charge in [0.25, 0.3) is 5.69 Å². The summed E-state index contributed by atoms with van der Waals surface area (Å²) < 4.78 is 5.39. The number of thiophene rings is 1. The molecule has 1 aromatic heterocycles. The lowest BCUT2D eigenvalue weighted by Crippen LogP contribution is -2.45. The standard InChI is InChI=1S/C19H22N4O5S/c1-13-2-3-15(16(10-13)23(26)27)21-19(25)18(24)20-11-17(14-4-9-29-12-14)22-5-7-28-8-6-22/h2-4,9-10,12,17H,5-8,11H2,1H3,(H,20,24)(H,21,25). The fourth-order valence-corrected chi connectivity index (χ4v) is 3.87. The van der Waals surface area contributed by atoms with Crippen molar-refractivity contribution in [1.82, 2.24) is 10.2 Å². The minimum absolute atomic E-state index is 0.0108. The van der Waals surface area contributed by atoms with E-state index in [-0.39, 0.29) is 24.0 Å². The molecule has 2 heterocycles. The van der Waals surface area contributed by atoms with Crippen LogP contribution < -0.4 is 10.6 Å². The maximum absolute atomic E-state index is 12.3. The third-order valence-electron chi connectivity index (χ3n) is 4.67. The van der Waals surface area contributed by atoms with Crippen molar-refractivity contribution < 1.29 is 19.2 Å². The van der Waals surface area contributed by atoms with Crippen LogP contribution in [0.15, 0.2) is 35.0 Å². The Hall–Kier alpha value is -2.82. The summed E-state index contributed by atoms with van der Waals surface area (Å²) in [6.45, 7) is 4.66. The van der Waals surface area contributed by atoms with Crippen LogP contribution in [0.1, 0.15) is 17.2 Å². The first-order valence-electron chi connectivity index (χ1n) is 9.14. The van der Waals surface area contributed by atoms with E-state index in [1.807, 2.05) is 16.8 Å². The fourth-order valence-electron chi connectivity index (χ4n) is 3.16. The number of hydrogen-bond acceptors (Lipinski definition) is 7. The van der Waals surface area contributed by atoms with Gasteiger partial charge in [0.1, 0.15) is 5.69 Å². The van der Waals surface area contributed by atoms with Crippen LogP contribution in [0.2, 0.25) is 0 Å². The average Bonchev–Trinajstić information content (AvgIpc) is 3.24. The molecule has 0 radical (unpaired) electrons. The highest BCUT2D eigenvalue weighted by molar-refractivity contribution is 7.08. The summed E-state index contributed by atoms with van der Waals surface area (Å²) in [6.07, 6.45) is 0. The average molecular weight is 418 g/mol. The molecule has 0 bridgehead atoms. The summed E-state index contributed by atoms with van der Waals surface area (Å²) in [5, 5.41) is 20.2. The molecule has 0 aliphatic carbocycles. The van der Waals surface area contributed by atoms with E-state index in [4.69, 9.17) is 4.74 Å². The molecule has 1 aromatic carbocycles. The second-order valence-electron chi connectivity index (χ2n) is 6.66. The van der Waals surface area contributed by atoms with Crippen LogP contribution in [0.4, 0.5) is 11.4 Å². The lowest BCUT2D eigenvalue weighted by Gasteiger charge is -2.34. The molecule has 3 rings (SSSR count). The van der Waals surface area contributed by atoms with Crippen LogP contribution in [0.5, 0.6) is 0 Å². The predicted molar refractivity (Wildman–Crippen MR) is 109 cm³/mol. The van der Waals surface area contributed by atoms with Crippen LogP contribution in [-0.2, 0) is 14.3 Å². The maximum Gasteiger partial charge on any atom is 0.313 e. The fraction of sp³-hybridized carbons (Fsp3) is 0.368. The molecule has 10 heteroatoms. The molecule has 1 unspecified atom stereocenters. The lowest BCUT2D eigenvalue weighted by molar-refractivity contribution is -0.384. The third kappa shape index (κ3) is 5.37. The van der Waals surface area contributed by atoms with Crippen LogP contribution in [0, 0.1) is 17.0 Å². The van der Waals surface area contributed by atoms with Gasteiger partial charge < -0.3 is 15.4 Å². The third-order valence-corrected chi connectivity index (χ3v) is 5.38. The van der Waals surface area contributed by atoms with Crippen LogP contribution >= 0.6 is 11.3 Å². The van der Waals surface area contributed by atoms with Crippen LogP contribution in [0.25, 0.3) is 0 Å². The largest absolute Gasteiger partial charge is 0.379 e. The zero-order valence-electron chi connectivity index (χ0n) is 15.9. The minimum Gasteiger partial charge on any atom is -0.379 e. The van der Waals surface area contributed by atoms with Gasteiger partial charge in [0.05, 0.1) is 24.2 Å². The van der Waals surface area contributed by atoms with Gasteiger partial charge in [-0.05, 0) is 40.9 Å². The van der Waals surface area contributed by atoms with Gasteiger partial charge in [-0.1, -0.05) is 6.07 Å². The number of nitrogens with zero attached hydrogens (tertiary/aromatic N) is 2. The summed E-state index contributed by atoms with van der Waals surface area (Å²) in [5.41, 5.74) is 1.48. The molecule has 1 fully saturated rings. The SMILES string of the molecule is Cc1ccc(NC(=O)C(=O)NCC(c2ccsc2)N2CCOCC2)c([N+](=O)[O-])c1. The number of benzene rings is 1. The van der Waals surface area contributed by atoms with E-state index in [1.165, 1.54) is 12.1 Å². The van der Waals surface area contributed by atoms with Crippen LogP contribution in [-0.4, -0.2) is 54.5 Å². The van der Waals surface area contributed by atoms with Crippen molar-refractivity contribution in [2.24, 2.45) is 0 Å². The molecule has 1 atom stereocenters. The Balaban J connectivity index is 1.64. The van der Waals surface area contributed by atoms with Gasteiger partial charge >= 0.3 is 11.8 Å². The van der Waals surface area contributed by atoms with E-state index >= 15 is 0 Å². The predicted octanol–water partition coefficient (Wildman–Crippen LogP) is 2.09. The highest BCUT2D eigenvalue weighted by Gasteiger charge is 2.25. The number of anilines is 1. The van der Waals surface area contributed by atoms with Gasteiger partial charge in [0.15, 0.2) is 0 Å². The Kier molecular flexibility index (Phi) is 6.91. The second-order valence-corrected chi connectivity index (χ2v) is 7.44. The highest BCUT2D eigenvalue weighted by atomic mass is 32.1. The maximum atomic E-state index is 12.3. The summed E-state index contributed by atoms with van der Waals surface area (Å²) >= 11 is 1.57. The number of nitro groups is 1. The molecule has 29 heavy (non-hydrogen) atoms. The van der Waals surface area contributed by atoms with Crippen molar-refractivity contribution in [1.29, 1.82) is 0 Å². The number of aryl methyl sites for hydroxylation is 1. The zero-order chi connectivity index (χ0) is 20.8. The first-order chi connectivity index (χ1) is 14.0. The second kappa shape index (κ2) is 9.59. The van der Waals surface area contributed by atoms with E-state index < -0.39 is 16.7 Å². The lowest BCUT2D eigenvalue weighted by atomic mass is 10.1. The van der Waals surface area contributed by atoms with Crippen molar-refractivity contribution in [3.63, 3.8) is 0 Å². The quantitative estimate of drug-likeness (QED) is 0.422. The molecule has 1 saturated heterocycles. The van der Waals surface area contributed by atoms with Crippen molar-refractivity contribution >= 4 is 34.5 Å². The van der Waals surface area contributed by atoms with E-state index in [1.54, 1.807) is 24.3 Å². The summed E-state index contributed by atoms with van der Waals surface area (Å²) in [6, 6.07) is 6.31. The summed E-state index contributed by atoms with van der Waals surface area (Å²) in [4.78, 5) is 37.4. The number of nitrogens with one attached hydrogen (secondary N) is 2. The molecule has 154 valence electrons. The van der Waals surface area contributed by atoms with Crippen molar-refractivity contribution in [3.8, 4) is 0 Å². The molecule has 0 spiro atoms. The number of carbonyl (C=O) groups is 2. The highest BCUT2D eigenvalue weighted by Crippen LogP contribution is 2.25. The minimum atomic E-state index is -0.942. The summed E-state index contributed by atoms with van der Waals surface area (Å²) in [7, 11) is 0. The normalized spacial score (nSPS) is 15.5. The zero-order valence-corrected chi connectivity index (χ0v) is 16.7. The van der Waals surface area contributed by atoms with Gasteiger partial charge in [-0.3, -0.25) is 24.6 Å². The van der Waals surface area contributed by atoms with Crippen molar-refractivity contribution in [2.75, 3.05) is 38.2 Å². The van der Waals surface area contributed by atoms with E-state index in [0.29, 0.717) is 18.8 Å². The number of nitro benzene ring substituents is 1. The molecule has 2 N–H and O–H groups in total. The Morgan fingerprint density at radius 3 is 2.69 bits per heavy atom. The van der Waals surface area contributed by atoms with E-state index in [2.05, 4.69) is 15.5 Å². The molecule has 1 aliphatic rings. The van der Waals surface area contributed by atoms with Gasteiger partial charge in [-0.2, -0.15) is 11.3 Å². The topological polar surface area (TPSA) is 114 Å². The Morgan fingerprint density at radius 2 is 2.03 bits per heavy atom. The Labute approximate surface area is 171 Å². The Morgan fingerprint density at radius 1 is 1.28 bits per heavy atom. The molecule has 9 nitrogen and oxygen atoms in total. The Bertz CT molecular complexity index is 881. The van der Waals surface area contributed by atoms with Crippen molar-refractivity contribution in [3.05, 3.63) is 56.3 Å². The molecule has 0 saturated carbocycles. The van der Waals surface area contributed by atoms with Gasteiger partial charge in [0, 0.05) is 25.7 Å². The molecular formula is C19H22N4O5S. The van der Waals surface area contributed by atoms with Gasteiger partial charge in [0.2, 0.25) is 0 Å². The molecule has 1 aliphatic heterocycles. The number of carbonyl (C=O) groups excluding carboxylic acids is 2. The number of hydrogen-bond donors (Lipinski definition) is 2. The monoisotopic (exact) mass is 418 g/mol. The smallest absolute Gasteiger partial charge is 0.313 e. The molecule has 2 amide bonds. The first kappa shape index (κ1) is 20.9. The molecule has 2 aromatic rings. The van der Waals surface area contributed by atoms with E-state index in [0.717, 1.165) is 18.7 Å². The molecular weight excluding hydrogens is 396 g/mol. The van der Waals surface area contributed by atoms with E-state index in [9.17, 15) is 19.7 Å².